The summed E-state index contributed by atoms with van der Waals surface area (Å²) in [5, 5.41) is 11.1. The Morgan fingerprint density at radius 1 is 1.47 bits per heavy atom. The van der Waals surface area contributed by atoms with Crippen LogP contribution in [0.5, 0.6) is 0 Å². The summed E-state index contributed by atoms with van der Waals surface area (Å²) in [6.45, 7) is 0. The first-order chi connectivity index (χ1) is 8.02. The molecule has 0 amide bonds. The molecular formula is C9H7N3O5. The highest BCUT2D eigenvalue weighted by molar-refractivity contribution is 5.94. The first-order valence-electron chi connectivity index (χ1n) is 4.47. The molecule has 0 fully saturated rings. The van der Waals surface area contributed by atoms with Gasteiger partial charge in [0.1, 0.15) is 0 Å². The van der Waals surface area contributed by atoms with Crippen LogP contribution in [0.2, 0.25) is 0 Å². The summed E-state index contributed by atoms with van der Waals surface area (Å²) in [6, 6.07) is 2.27. The van der Waals surface area contributed by atoms with Gasteiger partial charge < -0.3 is 9.84 Å². The molecule has 0 aromatic carbocycles. The third-order valence-electron chi connectivity index (χ3n) is 2.11. The Kier molecular flexibility index (Phi) is 2.39. The Morgan fingerprint density at radius 2 is 2.18 bits per heavy atom. The Hall–Kier alpha value is -2.64. The topological polar surface area (TPSA) is 114 Å². The van der Waals surface area contributed by atoms with E-state index in [1.165, 1.54) is 6.07 Å². The second kappa shape index (κ2) is 3.74. The zero-order valence-corrected chi connectivity index (χ0v) is 8.63. The van der Waals surface area contributed by atoms with Gasteiger partial charge in [0.25, 0.3) is 0 Å². The highest BCUT2D eigenvalue weighted by atomic mass is 16.5. The van der Waals surface area contributed by atoms with E-state index >= 15 is 0 Å². The van der Waals surface area contributed by atoms with Gasteiger partial charge in [-0.2, -0.15) is 4.98 Å². The summed E-state index contributed by atoms with van der Waals surface area (Å²) < 4.78 is 5.56. The van der Waals surface area contributed by atoms with Gasteiger partial charge in [0.15, 0.2) is 11.3 Å². The Balaban J connectivity index is 2.82. The number of nitrogens with one attached hydrogen (secondary N) is 1. The number of esters is 1. The van der Waals surface area contributed by atoms with Crippen molar-refractivity contribution < 1.29 is 19.4 Å². The van der Waals surface area contributed by atoms with Crippen LogP contribution in [0.15, 0.2) is 16.9 Å². The maximum absolute atomic E-state index is 11.4. The number of H-pyrrole nitrogens is 1. The lowest BCUT2D eigenvalue weighted by Crippen LogP contribution is -2.12. The molecule has 2 aromatic heterocycles. The van der Waals surface area contributed by atoms with Gasteiger partial charge >= 0.3 is 17.6 Å². The quantitative estimate of drug-likeness (QED) is 0.681. The summed E-state index contributed by atoms with van der Waals surface area (Å²) in [7, 11) is 1.15. The number of aromatic nitrogens is 3. The zero-order valence-electron chi connectivity index (χ0n) is 8.63. The molecule has 0 saturated carbocycles. The van der Waals surface area contributed by atoms with Gasteiger partial charge in [-0.25, -0.2) is 24.0 Å². The first kappa shape index (κ1) is 10.9. The number of ether oxygens (including phenoxy) is 1. The van der Waals surface area contributed by atoms with Gasteiger partial charge in [-0.05, 0) is 12.1 Å². The SMILES string of the molecule is COC(=O)c1cc(C(=O)O)cc2nc(=O)[nH]n12. The molecule has 17 heavy (non-hydrogen) atoms. The zero-order chi connectivity index (χ0) is 12.6. The molecule has 0 radical (unpaired) electrons. The summed E-state index contributed by atoms with van der Waals surface area (Å²) in [5.74, 6) is -2.00. The molecule has 0 atom stereocenters. The van der Waals surface area contributed by atoms with Crippen molar-refractivity contribution in [3.8, 4) is 0 Å². The van der Waals surface area contributed by atoms with E-state index in [4.69, 9.17) is 5.11 Å². The van der Waals surface area contributed by atoms with Crippen LogP contribution in [0.4, 0.5) is 0 Å². The van der Waals surface area contributed by atoms with E-state index in [0.29, 0.717) is 0 Å². The number of hydrogen-bond donors (Lipinski definition) is 2. The lowest BCUT2D eigenvalue weighted by Gasteiger charge is -2.03. The second-order valence-corrected chi connectivity index (χ2v) is 3.15. The minimum atomic E-state index is -1.23. The van der Waals surface area contributed by atoms with Crippen LogP contribution in [0.3, 0.4) is 0 Å². The number of carbonyl (C=O) groups excluding carboxylic acids is 1. The molecule has 8 nitrogen and oxygen atoms in total. The van der Waals surface area contributed by atoms with Gasteiger partial charge in [-0.15, -0.1) is 0 Å². The fourth-order valence-corrected chi connectivity index (χ4v) is 1.38. The molecule has 2 aromatic rings. The highest BCUT2D eigenvalue weighted by Gasteiger charge is 2.16. The predicted octanol–water partition coefficient (Wildman–Crippen LogP) is -0.493. The van der Waals surface area contributed by atoms with Crippen molar-refractivity contribution in [3.05, 3.63) is 33.9 Å². The van der Waals surface area contributed by atoms with Gasteiger partial charge in [-0.3, -0.25) is 0 Å². The van der Waals surface area contributed by atoms with Crippen LogP contribution in [0.1, 0.15) is 20.8 Å². The van der Waals surface area contributed by atoms with E-state index in [9.17, 15) is 14.4 Å². The number of carbonyl (C=O) groups is 2. The van der Waals surface area contributed by atoms with Crippen LogP contribution >= 0.6 is 0 Å². The van der Waals surface area contributed by atoms with Crippen LogP contribution in [-0.2, 0) is 4.74 Å². The van der Waals surface area contributed by atoms with E-state index in [2.05, 4.69) is 14.8 Å². The number of carboxylic acid groups (broad SMARTS) is 1. The van der Waals surface area contributed by atoms with Crippen molar-refractivity contribution >= 4 is 17.6 Å². The monoisotopic (exact) mass is 237 g/mol. The fourth-order valence-electron chi connectivity index (χ4n) is 1.38. The van der Waals surface area contributed by atoms with Gasteiger partial charge in [0.05, 0.1) is 12.7 Å². The number of rotatable bonds is 2. The highest BCUT2D eigenvalue weighted by Crippen LogP contribution is 2.09. The van der Waals surface area contributed by atoms with Crippen LogP contribution in [0, 0.1) is 0 Å². The van der Waals surface area contributed by atoms with E-state index in [1.54, 1.807) is 0 Å². The number of aromatic amines is 1. The average molecular weight is 237 g/mol. The minimum absolute atomic E-state index is 0.0373. The van der Waals surface area contributed by atoms with Crippen molar-refractivity contribution in [1.82, 2.24) is 14.6 Å². The van der Waals surface area contributed by atoms with Crippen LogP contribution in [-0.4, -0.2) is 38.8 Å². The third-order valence-corrected chi connectivity index (χ3v) is 2.11. The smallest absolute Gasteiger partial charge is 0.362 e. The second-order valence-electron chi connectivity index (χ2n) is 3.15. The van der Waals surface area contributed by atoms with Crippen molar-refractivity contribution in [2.24, 2.45) is 0 Å². The van der Waals surface area contributed by atoms with E-state index in [1.807, 2.05) is 0 Å². The third kappa shape index (κ3) is 1.75. The molecule has 2 rings (SSSR count). The van der Waals surface area contributed by atoms with Crippen molar-refractivity contribution in [2.75, 3.05) is 7.11 Å². The number of pyridine rings is 1. The Labute approximate surface area is 93.4 Å². The van der Waals surface area contributed by atoms with Crippen molar-refractivity contribution in [1.29, 1.82) is 0 Å². The van der Waals surface area contributed by atoms with Gasteiger partial charge in [0.2, 0.25) is 0 Å². The minimum Gasteiger partial charge on any atom is -0.478 e. The molecule has 0 unspecified atom stereocenters. The molecule has 0 bridgehead atoms. The summed E-state index contributed by atoms with van der Waals surface area (Å²) in [5.41, 5.74) is -0.915. The number of carboxylic acids is 1. The maximum atomic E-state index is 11.4. The molecule has 2 heterocycles. The number of fused-ring (bicyclic) bond motifs is 1. The molecule has 0 saturated heterocycles. The Bertz CT molecular complexity index is 669. The van der Waals surface area contributed by atoms with Crippen molar-refractivity contribution in [2.45, 2.75) is 0 Å². The predicted molar refractivity (Wildman–Crippen MR) is 54.1 cm³/mol. The fraction of sp³-hybridized carbons (Fsp3) is 0.111. The molecule has 2 N–H and O–H groups in total. The molecule has 88 valence electrons. The summed E-state index contributed by atoms with van der Waals surface area (Å²) in [4.78, 5) is 36.8. The molecule has 0 aliphatic heterocycles. The Morgan fingerprint density at radius 3 is 2.76 bits per heavy atom. The molecule has 0 aliphatic rings. The number of methoxy groups -OCH3 is 1. The number of nitrogens with zero attached hydrogens (tertiary/aromatic N) is 2. The van der Waals surface area contributed by atoms with Crippen LogP contribution in [0.25, 0.3) is 5.65 Å². The van der Waals surface area contributed by atoms with Gasteiger partial charge in [0, 0.05) is 0 Å². The largest absolute Gasteiger partial charge is 0.478 e. The molecule has 0 aliphatic carbocycles. The van der Waals surface area contributed by atoms with E-state index < -0.39 is 17.6 Å². The molecule has 8 heteroatoms. The van der Waals surface area contributed by atoms with Crippen molar-refractivity contribution in [3.63, 3.8) is 0 Å². The standard InChI is InChI=1S/C9H7N3O5/c1-17-8(15)5-2-4(7(13)14)3-6-10-9(16)11-12(5)6/h2-3H,1H3,(H,11,16)(H,13,14). The maximum Gasteiger partial charge on any atom is 0.362 e. The number of aromatic carboxylic acids is 1. The molecule has 0 spiro atoms. The summed E-state index contributed by atoms with van der Waals surface area (Å²) in [6.07, 6.45) is 0. The van der Waals surface area contributed by atoms with E-state index in [-0.39, 0.29) is 16.9 Å². The first-order valence-corrected chi connectivity index (χ1v) is 4.47. The average Bonchev–Trinajstić information content (AvgIpc) is 2.66. The van der Waals surface area contributed by atoms with E-state index in [0.717, 1.165) is 17.7 Å². The normalized spacial score (nSPS) is 10.4. The summed E-state index contributed by atoms with van der Waals surface area (Å²) >= 11 is 0. The lowest BCUT2D eigenvalue weighted by molar-refractivity contribution is 0.0590. The lowest BCUT2D eigenvalue weighted by atomic mass is 10.2. The molecular weight excluding hydrogens is 230 g/mol. The number of hydrogen-bond acceptors (Lipinski definition) is 5. The van der Waals surface area contributed by atoms with Crippen LogP contribution < -0.4 is 5.69 Å². The van der Waals surface area contributed by atoms with Gasteiger partial charge in [-0.1, -0.05) is 0 Å².